The highest BCUT2D eigenvalue weighted by Crippen LogP contribution is 2.38. The monoisotopic (exact) mass is 269 g/mol. The molecule has 2 aromatic carbocycles. The minimum absolute atomic E-state index is 0.142. The fraction of sp³-hybridized carbons (Fsp3) is 0.333. The molecule has 0 bridgehead atoms. The van der Waals surface area contributed by atoms with Crippen LogP contribution in [0.2, 0.25) is 0 Å². The lowest BCUT2D eigenvalue weighted by atomic mass is 9.76. The molecule has 1 saturated heterocycles. The summed E-state index contributed by atoms with van der Waals surface area (Å²) < 4.78 is 13.5. The Bertz CT molecular complexity index is 593. The van der Waals surface area contributed by atoms with E-state index in [9.17, 15) is 4.39 Å². The second kappa shape index (κ2) is 5.76. The van der Waals surface area contributed by atoms with Gasteiger partial charge in [-0.15, -0.1) is 0 Å². The van der Waals surface area contributed by atoms with Crippen LogP contribution >= 0.6 is 0 Å². The molecular formula is C18H20FN. The van der Waals surface area contributed by atoms with E-state index in [1.54, 1.807) is 6.07 Å². The highest BCUT2D eigenvalue weighted by Gasteiger charge is 2.28. The van der Waals surface area contributed by atoms with Gasteiger partial charge in [0.05, 0.1) is 0 Å². The SMILES string of the molecule is Cc1ccccc1C1CCNCC1c1cccc(F)c1. The van der Waals surface area contributed by atoms with Crippen molar-refractivity contribution in [1.29, 1.82) is 0 Å². The van der Waals surface area contributed by atoms with E-state index in [4.69, 9.17) is 0 Å². The van der Waals surface area contributed by atoms with Gasteiger partial charge in [-0.2, -0.15) is 0 Å². The molecule has 20 heavy (non-hydrogen) atoms. The summed E-state index contributed by atoms with van der Waals surface area (Å²) in [4.78, 5) is 0. The normalized spacial score (nSPS) is 22.7. The zero-order valence-corrected chi connectivity index (χ0v) is 11.8. The summed E-state index contributed by atoms with van der Waals surface area (Å²) in [6.45, 7) is 4.12. The van der Waals surface area contributed by atoms with Gasteiger partial charge in [0.15, 0.2) is 0 Å². The minimum Gasteiger partial charge on any atom is -0.316 e. The van der Waals surface area contributed by atoms with E-state index >= 15 is 0 Å². The van der Waals surface area contributed by atoms with Crippen molar-refractivity contribution in [2.45, 2.75) is 25.2 Å². The Morgan fingerprint density at radius 1 is 1.05 bits per heavy atom. The summed E-state index contributed by atoms with van der Waals surface area (Å²) >= 11 is 0. The molecule has 0 radical (unpaired) electrons. The van der Waals surface area contributed by atoms with Gasteiger partial charge in [0.2, 0.25) is 0 Å². The van der Waals surface area contributed by atoms with Crippen LogP contribution in [0.25, 0.3) is 0 Å². The van der Waals surface area contributed by atoms with Gasteiger partial charge in [-0.25, -0.2) is 4.39 Å². The first-order valence-electron chi connectivity index (χ1n) is 7.27. The third kappa shape index (κ3) is 2.61. The Kier molecular flexibility index (Phi) is 3.83. The lowest BCUT2D eigenvalue weighted by molar-refractivity contribution is 0.402. The molecule has 2 heteroatoms. The van der Waals surface area contributed by atoms with Crippen LogP contribution in [0.4, 0.5) is 4.39 Å². The predicted octanol–water partition coefficient (Wildman–Crippen LogP) is 3.99. The first-order valence-corrected chi connectivity index (χ1v) is 7.27. The van der Waals surface area contributed by atoms with Gasteiger partial charge in [-0.3, -0.25) is 0 Å². The first-order chi connectivity index (χ1) is 9.75. The second-order valence-electron chi connectivity index (χ2n) is 5.62. The number of halogens is 1. The van der Waals surface area contributed by atoms with Crippen molar-refractivity contribution in [3.05, 3.63) is 71.0 Å². The molecule has 0 saturated carbocycles. The molecule has 0 aliphatic carbocycles. The molecule has 2 unspecified atom stereocenters. The average Bonchev–Trinajstić information content (AvgIpc) is 2.48. The van der Waals surface area contributed by atoms with Crippen molar-refractivity contribution < 1.29 is 4.39 Å². The summed E-state index contributed by atoms with van der Waals surface area (Å²) in [7, 11) is 0. The molecule has 1 aliphatic heterocycles. The molecule has 1 N–H and O–H groups in total. The smallest absolute Gasteiger partial charge is 0.123 e. The highest BCUT2D eigenvalue weighted by atomic mass is 19.1. The summed E-state index contributed by atoms with van der Waals surface area (Å²) in [6.07, 6.45) is 1.10. The van der Waals surface area contributed by atoms with Crippen LogP contribution in [0, 0.1) is 12.7 Å². The van der Waals surface area contributed by atoms with Gasteiger partial charge in [-0.05, 0) is 54.6 Å². The zero-order valence-electron chi connectivity index (χ0n) is 11.8. The van der Waals surface area contributed by atoms with Gasteiger partial charge in [-0.1, -0.05) is 36.4 Å². The Morgan fingerprint density at radius 2 is 1.90 bits per heavy atom. The van der Waals surface area contributed by atoms with Gasteiger partial charge in [0, 0.05) is 12.5 Å². The number of nitrogens with one attached hydrogen (secondary N) is 1. The van der Waals surface area contributed by atoms with Crippen LogP contribution in [0.5, 0.6) is 0 Å². The molecule has 2 aromatic rings. The quantitative estimate of drug-likeness (QED) is 0.869. The Morgan fingerprint density at radius 3 is 2.70 bits per heavy atom. The molecule has 2 atom stereocenters. The number of aryl methyl sites for hydroxylation is 1. The second-order valence-corrected chi connectivity index (χ2v) is 5.62. The summed E-state index contributed by atoms with van der Waals surface area (Å²) in [6, 6.07) is 15.6. The van der Waals surface area contributed by atoms with E-state index in [1.807, 2.05) is 12.1 Å². The largest absolute Gasteiger partial charge is 0.316 e. The number of hydrogen-bond donors (Lipinski definition) is 1. The average molecular weight is 269 g/mol. The molecule has 104 valence electrons. The summed E-state index contributed by atoms with van der Waals surface area (Å²) in [5, 5.41) is 3.45. The summed E-state index contributed by atoms with van der Waals surface area (Å²) in [5.74, 6) is 0.677. The lowest BCUT2D eigenvalue weighted by Crippen LogP contribution is -2.34. The van der Waals surface area contributed by atoms with Crippen molar-refractivity contribution in [3.8, 4) is 0 Å². The molecular weight excluding hydrogens is 249 g/mol. The molecule has 0 aromatic heterocycles. The van der Waals surface area contributed by atoms with E-state index in [0.717, 1.165) is 25.1 Å². The minimum atomic E-state index is -0.142. The first kappa shape index (κ1) is 13.3. The molecule has 1 aliphatic rings. The van der Waals surface area contributed by atoms with Gasteiger partial charge in [0.1, 0.15) is 5.82 Å². The maximum atomic E-state index is 13.5. The topological polar surface area (TPSA) is 12.0 Å². The number of hydrogen-bond acceptors (Lipinski definition) is 1. The standard InChI is InChI=1S/C18H20FN/c1-13-5-2-3-8-16(13)17-9-10-20-12-18(17)14-6-4-7-15(19)11-14/h2-8,11,17-18,20H,9-10,12H2,1H3. The van der Waals surface area contributed by atoms with Crippen LogP contribution < -0.4 is 5.32 Å². The van der Waals surface area contributed by atoms with E-state index in [2.05, 4.69) is 36.5 Å². The Hall–Kier alpha value is -1.67. The third-order valence-corrected chi connectivity index (χ3v) is 4.35. The van der Waals surface area contributed by atoms with E-state index < -0.39 is 0 Å². The summed E-state index contributed by atoms with van der Waals surface area (Å²) in [5.41, 5.74) is 3.84. The molecule has 1 nitrogen and oxygen atoms in total. The fourth-order valence-corrected chi connectivity index (χ4v) is 3.32. The van der Waals surface area contributed by atoms with Crippen molar-refractivity contribution in [1.82, 2.24) is 5.32 Å². The third-order valence-electron chi connectivity index (χ3n) is 4.35. The molecule has 1 fully saturated rings. The predicted molar refractivity (Wildman–Crippen MR) is 80.5 cm³/mol. The van der Waals surface area contributed by atoms with Crippen LogP contribution in [0.15, 0.2) is 48.5 Å². The number of piperidine rings is 1. The maximum Gasteiger partial charge on any atom is 0.123 e. The molecule has 3 rings (SSSR count). The number of rotatable bonds is 2. The van der Waals surface area contributed by atoms with Gasteiger partial charge < -0.3 is 5.32 Å². The van der Waals surface area contributed by atoms with E-state index in [-0.39, 0.29) is 5.82 Å². The van der Waals surface area contributed by atoms with Crippen LogP contribution in [0.3, 0.4) is 0 Å². The van der Waals surface area contributed by atoms with Crippen molar-refractivity contribution >= 4 is 0 Å². The maximum absolute atomic E-state index is 13.5. The van der Waals surface area contributed by atoms with Crippen molar-refractivity contribution in [3.63, 3.8) is 0 Å². The highest BCUT2D eigenvalue weighted by molar-refractivity contribution is 5.35. The zero-order chi connectivity index (χ0) is 13.9. The van der Waals surface area contributed by atoms with Gasteiger partial charge in [0.25, 0.3) is 0 Å². The molecule has 1 heterocycles. The van der Waals surface area contributed by atoms with Crippen LogP contribution in [-0.4, -0.2) is 13.1 Å². The lowest BCUT2D eigenvalue weighted by Gasteiger charge is -2.34. The van der Waals surface area contributed by atoms with Crippen molar-refractivity contribution in [2.24, 2.45) is 0 Å². The van der Waals surface area contributed by atoms with Crippen LogP contribution in [0.1, 0.15) is 34.9 Å². The number of benzene rings is 2. The van der Waals surface area contributed by atoms with E-state index in [0.29, 0.717) is 11.8 Å². The Balaban J connectivity index is 1.98. The van der Waals surface area contributed by atoms with Crippen molar-refractivity contribution in [2.75, 3.05) is 13.1 Å². The Labute approximate surface area is 119 Å². The molecule has 0 spiro atoms. The fourth-order valence-electron chi connectivity index (χ4n) is 3.32. The molecule has 0 amide bonds. The van der Waals surface area contributed by atoms with Gasteiger partial charge >= 0.3 is 0 Å². The van der Waals surface area contributed by atoms with E-state index in [1.165, 1.54) is 17.2 Å². The van der Waals surface area contributed by atoms with Crippen LogP contribution in [-0.2, 0) is 0 Å².